The van der Waals surface area contributed by atoms with E-state index in [1.807, 2.05) is 33.3 Å². The topological polar surface area (TPSA) is 111 Å². The molecule has 0 rings (SSSR count). The van der Waals surface area contributed by atoms with Gasteiger partial charge in [0, 0.05) is 12.8 Å². The molecule has 0 aromatic heterocycles. The molecule has 2 N–H and O–H groups in total. The maximum Gasteiger partial charge on any atom is 0.472 e. The zero-order valence-electron chi connectivity index (χ0n) is 54.1. The molecule has 0 bridgehead atoms. The summed E-state index contributed by atoms with van der Waals surface area (Å²) in [6, 6.07) is -0.879. The number of phosphoric acid groups is 1. The predicted octanol–water partition coefficient (Wildman–Crippen LogP) is 21.2. The van der Waals surface area contributed by atoms with Crippen LogP contribution in [0.5, 0.6) is 0 Å². The molecule has 0 spiro atoms. The van der Waals surface area contributed by atoms with Gasteiger partial charge in [0.15, 0.2) is 0 Å². The Bertz CT molecular complexity index is 1880. The van der Waals surface area contributed by atoms with E-state index in [9.17, 15) is 19.0 Å². The zero-order chi connectivity index (χ0) is 60.7. The lowest BCUT2D eigenvalue weighted by Crippen LogP contribution is -2.47. The summed E-state index contributed by atoms with van der Waals surface area (Å²) in [6.07, 6.45) is 87.4. The van der Waals surface area contributed by atoms with Gasteiger partial charge in [0.05, 0.1) is 33.8 Å². The highest BCUT2D eigenvalue weighted by atomic mass is 31.2. The van der Waals surface area contributed by atoms with Crippen LogP contribution in [0.15, 0.2) is 134 Å². The molecular formula is C73H126N2O7P+. The van der Waals surface area contributed by atoms with E-state index in [-0.39, 0.29) is 37.9 Å². The standard InChI is InChI=1S/C73H125N2O7P/c1-7-10-13-16-19-22-25-28-30-32-34-35-36-37-38-39-41-43-45-48-51-54-57-60-63-66-73(77)82-71(64-61-58-55-52-49-46-27-24-21-18-15-12-9-3)70(69-81-83(78,79)80-68-67-75(4,5)6)74-72(76)65-62-59-56-53-50-47-44-42-40-33-31-29-26-23-20-17-14-11-8-2/h10-11,13-14,19-20,22-23,28-31,34-35,37-38,40,42,47,50,61,64,70-71H,7-9,12,15-18,21,24-27,32-33,36,39,41,43-46,48-49,51-60,62-63,65-69H2,1-6H3,(H-,74,76,78,79)/p+1/b13-10-,14-11-,22-19-,23-20-,30-28-,31-29-,35-34-,38-37-,42-40-,50-47-,64-61-. The van der Waals surface area contributed by atoms with Gasteiger partial charge in [0.25, 0.3) is 0 Å². The summed E-state index contributed by atoms with van der Waals surface area (Å²) in [5.74, 6) is -0.556. The van der Waals surface area contributed by atoms with Crippen LogP contribution in [0, 0.1) is 0 Å². The molecular weight excluding hydrogens is 1050 g/mol. The second-order valence-electron chi connectivity index (χ2n) is 23.2. The minimum absolute atomic E-state index is 0.0254. The van der Waals surface area contributed by atoms with Crippen molar-refractivity contribution < 1.29 is 37.3 Å². The average molecular weight is 1170 g/mol. The highest BCUT2D eigenvalue weighted by molar-refractivity contribution is 7.47. The van der Waals surface area contributed by atoms with Crippen molar-refractivity contribution in [2.24, 2.45) is 0 Å². The maximum absolute atomic E-state index is 13.6. The maximum atomic E-state index is 13.6. The van der Waals surface area contributed by atoms with E-state index < -0.39 is 20.0 Å². The van der Waals surface area contributed by atoms with Crippen LogP contribution in [0.4, 0.5) is 0 Å². The number of allylic oxidation sites excluding steroid dienone is 21. The van der Waals surface area contributed by atoms with Crippen LogP contribution in [0.2, 0.25) is 0 Å². The summed E-state index contributed by atoms with van der Waals surface area (Å²) < 4.78 is 30.8. The van der Waals surface area contributed by atoms with E-state index in [0.717, 1.165) is 135 Å². The lowest BCUT2D eigenvalue weighted by Gasteiger charge is -2.27. The number of unbranched alkanes of at least 4 members (excludes halogenated alkanes) is 23. The number of nitrogens with zero attached hydrogens (tertiary/aromatic N) is 1. The Morgan fingerprint density at radius 2 is 0.771 bits per heavy atom. The number of ether oxygens (including phenoxy) is 1. The normalized spacial score (nSPS) is 14.4. The predicted molar refractivity (Wildman–Crippen MR) is 359 cm³/mol. The van der Waals surface area contributed by atoms with Gasteiger partial charge < -0.3 is 19.4 Å². The van der Waals surface area contributed by atoms with Gasteiger partial charge in [-0.25, -0.2) is 4.57 Å². The number of rotatable bonds is 59. The molecule has 0 heterocycles. The fourth-order valence-corrected chi connectivity index (χ4v) is 9.73. The number of amides is 1. The van der Waals surface area contributed by atoms with Crippen molar-refractivity contribution in [2.45, 2.75) is 277 Å². The smallest absolute Gasteiger partial charge is 0.456 e. The first-order chi connectivity index (χ1) is 40.4. The summed E-state index contributed by atoms with van der Waals surface area (Å²) in [6.45, 7) is 6.75. The Morgan fingerprint density at radius 1 is 0.434 bits per heavy atom. The van der Waals surface area contributed by atoms with E-state index in [1.165, 1.54) is 89.9 Å². The van der Waals surface area contributed by atoms with E-state index in [1.54, 1.807) is 0 Å². The molecule has 0 aromatic rings. The van der Waals surface area contributed by atoms with Crippen LogP contribution in [0.3, 0.4) is 0 Å². The van der Waals surface area contributed by atoms with E-state index in [2.05, 4.69) is 148 Å². The van der Waals surface area contributed by atoms with Gasteiger partial charge in [-0.2, -0.15) is 0 Å². The van der Waals surface area contributed by atoms with Crippen molar-refractivity contribution in [2.75, 3.05) is 40.9 Å². The van der Waals surface area contributed by atoms with Crippen LogP contribution in [0.1, 0.15) is 265 Å². The largest absolute Gasteiger partial charge is 0.472 e. The minimum atomic E-state index is -4.47. The van der Waals surface area contributed by atoms with Gasteiger partial charge in [-0.3, -0.25) is 18.6 Å². The van der Waals surface area contributed by atoms with Crippen molar-refractivity contribution in [1.82, 2.24) is 5.32 Å². The van der Waals surface area contributed by atoms with Gasteiger partial charge in [-0.05, 0) is 122 Å². The third-order valence-corrected chi connectivity index (χ3v) is 15.1. The van der Waals surface area contributed by atoms with E-state index in [4.69, 9.17) is 13.8 Å². The molecule has 83 heavy (non-hydrogen) atoms. The molecule has 3 atom stereocenters. The molecule has 0 aliphatic rings. The van der Waals surface area contributed by atoms with Crippen LogP contribution < -0.4 is 5.32 Å². The fraction of sp³-hybridized carbons (Fsp3) is 0.671. The van der Waals surface area contributed by atoms with E-state index >= 15 is 0 Å². The first kappa shape index (κ1) is 79.2. The number of carbonyl (C=O) groups is 2. The Morgan fingerprint density at radius 3 is 1.17 bits per heavy atom. The second kappa shape index (κ2) is 61.2. The molecule has 0 radical (unpaired) electrons. The molecule has 0 saturated heterocycles. The lowest BCUT2D eigenvalue weighted by atomic mass is 10.0. The Hall–Kier alpha value is -3.85. The van der Waals surface area contributed by atoms with Crippen molar-refractivity contribution in [3.8, 4) is 0 Å². The number of phosphoric ester groups is 1. The molecule has 474 valence electrons. The van der Waals surface area contributed by atoms with E-state index in [0.29, 0.717) is 17.4 Å². The summed E-state index contributed by atoms with van der Waals surface area (Å²) in [7, 11) is 1.45. The molecule has 0 aromatic carbocycles. The van der Waals surface area contributed by atoms with Gasteiger partial charge in [-0.15, -0.1) is 0 Å². The molecule has 10 heteroatoms. The number of nitrogens with one attached hydrogen (secondary N) is 1. The first-order valence-corrected chi connectivity index (χ1v) is 35.0. The van der Waals surface area contributed by atoms with Gasteiger partial charge in [0.1, 0.15) is 19.3 Å². The SMILES string of the molecule is CC/C=C\C/C=C\C/C=C\C/C=C\C/C=C\CCCCCCCCCCCC(=O)OC(/C=C\CCCCCCCCCCCCC)C(COP(=O)(O)OCC[N+](C)(C)C)NC(=O)CCCCC/C=C\C/C=C\C/C=C\C/C=C\C/C=C\CC. The molecule has 3 unspecified atom stereocenters. The Balaban J connectivity index is 5.25. The zero-order valence-corrected chi connectivity index (χ0v) is 55.0. The molecule has 0 fully saturated rings. The summed E-state index contributed by atoms with van der Waals surface area (Å²) in [5.41, 5.74) is 0. The van der Waals surface area contributed by atoms with Crippen molar-refractivity contribution in [3.05, 3.63) is 134 Å². The van der Waals surface area contributed by atoms with Crippen molar-refractivity contribution in [1.29, 1.82) is 0 Å². The number of hydrogen-bond donors (Lipinski definition) is 2. The third kappa shape index (κ3) is 62.5. The molecule has 9 nitrogen and oxygen atoms in total. The van der Waals surface area contributed by atoms with Crippen LogP contribution in [0.25, 0.3) is 0 Å². The average Bonchev–Trinajstić information content (AvgIpc) is 3.46. The number of esters is 1. The molecule has 0 aliphatic carbocycles. The Kier molecular flexibility index (Phi) is 58.4. The third-order valence-electron chi connectivity index (χ3n) is 14.1. The highest BCUT2D eigenvalue weighted by Gasteiger charge is 2.30. The van der Waals surface area contributed by atoms with Crippen molar-refractivity contribution >= 4 is 19.7 Å². The van der Waals surface area contributed by atoms with Crippen molar-refractivity contribution in [3.63, 3.8) is 0 Å². The van der Waals surface area contributed by atoms with Crippen LogP contribution in [-0.2, 0) is 27.9 Å². The monoisotopic (exact) mass is 1170 g/mol. The minimum Gasteiger partial charge on any atom is -0.456 e. The highest BCUT2D eigenvalue weighted by Crippen LogP contribution is 2.43. The fourth-order valence-electron chi connectivity index (χ4n) is 8.99. The summed E-state index contributed by atoms with van der Waals surface area (Å²) in [5, 5.41) is 3.04. The Labute approximate surface area is 511 Å². The van der Waals surface area contributed by atoms with Crippen LogP contribution >= 0.6 is 7.82 Å². The van der Waals surface area contributed by atoms with Gasteiger partial charge >= 0.3 is 13.8 Å². The summed E-state index contributed by atoms with van der Waals surface area (Å²) in [4.78, 5) is 37.8. The number of hydrogen-bond acceptors (Lipinski definition) is 6. The summed E-state index contributed by atoms with van der Waals surface area (Å²) >= 11 is 0. The second-order valence-corrected chi connectivity index (χ2v) is 24.7. The molecule has 1 amide bonds. The van der Waals surface area contributed by atoms with Crippen LogP contribution in [-0.4, -0.2) is 74.3 Å². The number of carbonyl (C=O) groups excluding carboxylic acids is 2. The number of quaternary nitrogens is 1. The molecule has 0 saturated carbocycles. The van der Waals surface area contributed by atoms with Gasteiger partial charge in [-0.1, -0.05) is 264 Å². The number of likely N-dealkylation sites (N-methyl/N-ethyl adjacent to an activating group) is 1. The lowest BCUT2D eigenvalue weighted by molar-refractivity contribution is -0.870. The first-order valence-electron chi connectivity index (χ1n) is 33.5. The molecule has 0 aliphatic heterocycles. The van der Waals surface area contributed by atoms with Gasteiger partial charge in [0.2, 0.25) is 5.91 Å². The quantitative estimate of drug-likeness (QED) is 0.0205.